The average Bonchev–Trinajstić information content (AvgIpc) is 3.74. The van der Waals surface area contributed by atoms with Gasteiger partial charge in [0.05, 0.1) is 22.1 Å². The van der Waals surface area contributed by atoms with Crippen LogP contribution in [0.5, 0.6) is 0 Å². The van der Waals surface area contributed by atoms with Crippen molar-refractivity contribution in [3.8, 4) is 27.9 Å². The number of nitrogens with zero attached hydrogens (tertiary/aromatic N) is 3. The molecule has 54 heavy (non-hydrogen) atoms. The van der Waals surface area contributed by atoms with E-state index in [0.29, 0.717) is 0 Å². The second-order valence-electron chi connectivity index (χ2n) is 14.2. The van der Waals surface area contributed by atoms with E-state index in [1.807, 2.05) is 0 Å². The Morgan fingerprint density at radius 1 is 0.333 bits per heavy atom. The van der Waals surface area contributed by atoms with Crippen molar-refractivity contribution in [2.45, 2.75) is 12.3 Å². The fraction of sp³-hybridized carbons (Fsp3) is 0.0400. The normalized spacial score (nSPS) is 15.7. The first-order valence-corrected chi connectivity index (χ1v) is 18.7. The summed E-state index contributed by atoms with van der Waals surface area (Å²) >= 11 is 0. The van der Waals surface area contributed by atoms with Gasteiger partial charge in [-0.2, -0.15) is 0 Å². The molecule has 1 aliphatic rings. The molecule has 1 aliphatic heterocycles. The van der Waals surface area contributed by atoms with Gasteiger partial charge in [-0.05, 0) is 88.0 Å². The number of hydrogen-bond acceptors (Lipinski definition) is 2. The van der Waals surface area contributed by atoms with E-state index in [4.69, 9.17) is 0 Å². The Hall–Kier alpha value is -6.88. The Bertz CT molecular complexity index is 2980. The molecule has 4 nitrogen and oxygen atoms in total. The third kappa shape index (κ3) is 4.81. The van der Waals surface area contributed by atoms with Crippen molar-refractivity contribution in [3.63, 3.8) is 0 Å². The largest absolute Gasteiger partial charge is 0.309 e. The van der Waals surface area contributed by atoms with Gasteiger partial charge in [0, 0.05) is 27.2 Å². The van der Waals surface area contributed by atoms with Crippen LogP contribution in [-0.4, -0.2) is 9.24 Å². The van der Waals surface area contributed by atoms with Crippen LogP contribution in [0.15, 0.2) is 200 Å². The predicted octanol–water partition coefficient (Wildman–Crippen LogP) is 12.2. The van der Waals surface area contributed by atoms with Crippen LogP contribution in [0.1, 0.15) is 23.5 Å². The molecule has 11 rings (SSSR count). The van der Waals surface area contributed by atoms with Gasteiger partial charge in [-0.25, -0.2) is 0 Å². The predicted molar refractivity (Wildman–Crippen MR) is 224 cm³/mol. The van der Waals surface area contributed by atoms with E-state index in [2.05, 4.69) is 220 Å². The van der Waals surface area contributed by atoms with E-state index in [1.54, 1.807) is 0 Å². The van der Waals surface area contributed by atoms with Gasteiger partial charge in [0.1, 0.15) is 12.3 Å². The highest BCUT2D eigenvalue weighted by Gasteiger charge is 2.41. The SMILES string of the molecule is c1ccc(-c2cccc(C3NC(c4ccccc4)N3n3c4ccccc4c4cc(-c5ccc6c(c5)c5ccccc5n6-c5ccccc5)ccc43)c2)cc1. The Kier molecular flexibility index (Phi) is 7.04. The first-order valence-electron chi connectivity index (χ1n) is 18.7. The van der Waals surface area contributed by atoms with E-state index in [-0.39, 0.29) is 12.3 Å². The van der Waals surface area contributed by atoms with Gasteiger partial charge in [-0.3, -0.25) is 15.0 Å². The van der Waals surface area contributed by atoms with Crippen molar-refractivity contribution in [2.75, 3.05) is 5.01 Å². The maximum Gasteiger partial charge on any atom is 0.125 e. The van der Waals surface area contributed by atoms with Gasteiger partial charge in [-0.15, -0.1) is 0 Å². The fourth-order valence-electron chi connectivity index (χ4n) is 8.64. The number of aromatic nitrogens is 2. The van der Waals surface area contributed by atoms with Crippen LogP contribution >= 0.6 is 0 Å². The second-order valence-corrected chi connectivity index (χ2v) is 14.2. The minimum Gasteiger partial charge on any atom is -0.309 e. The summed E-state index contributed by atoms with van der Waals surface area (Å²) in [6, 6.07) is 72.6. The highest BCUT2D eigenvalue weighted by Crippen LogP contribution is 2.43. The molecule has 2 unspecified atom stereocenters. The summed E-state index contributed by atoms with van der Waals surface area (Å²) in [6.07, 6.45) is -0.0264. The van der Waals surface area contributed by atoms with Crippen LogP contribution in [0.25, 0.3) is 71.6 Å². The molecule has 4 heteroatoms. The number of rotatable bonds is 6. The van der Waals surface area contributed by atoms with Gasteiger partial charge in [0.15, 0.2) is 0 Å². The molecule has 0 radical (unpaired) electrons. The summed E-state index contributed by atoms with van der Waals surface area (Å²) < 4.78 is 4.83. The molecule has 0 amide bonds. The lowest BCUT2D eigenvalue weighted by Crippen LogP contribution is -2.62. The fourth-order valence-corrected chi connectivity index (χ4v) is 8.64. The quantitative estimate of drug-likeness (QED) is 0.188. The van der Waals surface area contributed by atoms with Gasteiger partial charge in [0.25, 0.3) is 0 Å². The molecule has 1 N–H and O–H groups in total. The van der Waals surface area contributed by atoms with Crippen LogP contribution in [0.4, 0.5) is 0 Å². The number of nitrogens with one attached hydrogen (secondary N) is 1. The van der Waals surface area contributed by atoms with Crippen molar-refractivity contribution in [1.82, 2.24) is 14.6 Å². The molecule has 8 aromatic carbocycles. The number of hydrogen-bond donors (Lipinski definition) is 1. The lowest BCUT2D eigenvalue weighted by atomic mass is 9.98. The summed E-state index contributed by atoms with van der Waals surface area (Å²) in [5.74, 6) is 0. The monoisotopic (exact) mass is 692 g/mol. The Morgan fingerprint density at radius 2 is 0.815 bits per heavy atom. The standard InChI is InChI=1S/C50H36N4/c1-4-15-34(16-5-1)36-19-14-20-39(31-36)50-51-49(35-17-6-2-7-18-35)54(50)53-47-26-13-11-24-42(47)44-33-38(28-30-48(44)53)37-27-29-46-43(32-37)41-23-10-12-25-45(41)52(46)40-21-8-3-9-22-40/h1-33,49-51H. The Balaban J connectivity index is 1.07. The summed E-state index contributed by atoms with van der Waals surface area (Å²) in [5, 5.41) is 11.5. The van der Waals surface area contributed by atoms with E-state index in [0.717, 1.165) is 0 Å². The van der Waals surface area contributed by atoms with E-state index in [1.165, 1.54) is 82.7 Å². The molecule has 0 aliphatic carbocycles. The van der Waals surface area contributed by atoms with E-state index in [9.17, 15) is 0 Å². The van der Waals surface area contributed by atoms with E-state index < -0.39 is 0 Å². The van der Waals surface area contributed by atoms with Crippen molar-refractivity contribution in [1.29, 1.82) is 0 Å². The van der Waals surface area contributed by atoms with Gasteiger partial charge >= 0.3 is 0 Å². The topological polar surface area (TPSA) is 25.1 Å². The maximum absolute atomic E-state index is 3.94. The molecule has 10 aromatic rings. The summed E-state index contributed by atoms with van der Waals surface area (Å²) in [6.45, 7) is 0. The Morgan fingerprint density at radius 3 is 1.56 bits per heavy atom. The zero-order chi connectivity index (χ0) is 35.6. The molecule has 0 saturated carbocycles. The van der Waals surface area contributed by atoms with Crippen LogP contribution in [0.2, 0.25) is 0 Å². The zero-order valence-corrected chi connectivity index (χ0v) is 29.5. The molecule has 1 fully saturated rings. The molecular weight excluding hydrogens is 657 g/mol. The Labute approximate surface area is 313 Å². The first kappa shape index (κ1) is 30.7. The minimum absolute atomic E-state index is 0.000367. The van der Waals surface area contributed by atoms with Crippen molar-refractivity contribution in [2.24, 2.45) is 0 Å². The summed E-state index contributed by atoms with van der Waals surface area (Å²) in [7, 11) is 0. The zero-order valence-electron chi connectivity index (χ0n) is 29.5. The van der Waals surface area contributed by atoms with Crippen LogP contribution in [0.3, 0.4) is 0 Å². The van der Waals surface area contributed by atoms with Crippen LogP contribution in [0, 0.1) is 0 Å². The minimum atomic E-state index is -0.0260. The molecular formula is C50H36N4. The molecule has 2 atom stereocenters. The van der Waals surface area contributed by atoms with Crippen LogP contribution < -0.4 is 10.3 Å². The molecule has 0 spiro atoms. The van der Waals surface area contributed by atoms with Gasteiger partial charge in [-0.1, -0.05) is 146 Å². The number of benzene rings is 8. The highest BCUT2D eigenvalue weighted by atomic mass is 15.7. The lowest BCUT2D eigenvalue weighted by Gasteiger charge is -2.52. The third-order valence-electron chi connectivity index (χ3n) is 11.2. The molecule has 2 aromatic heterocycles. The summed E-state index contributed by atoms with van der Waals surface area (Å²) in [4.78, 5) is 0. The van der Waals surface area contributed by atoms with Crippen molar-refractivity contribution >= 4 is 43.6 Å². The third-order valence-corrected chi connectivity index (χ3v) is 11.2. The number of para-hydroxylation sites is 3. The molecule has 0 bridgehead atoms. The molecule has 1 saturated heterocycles. The van der Waals surface area contributed by atoms with Gasteiger partial charge in [0.2, 0.25) is 0 Å². The van der Waals surface area contributed by atoms with E-state index >= 15 is 0 Å². The van der Waals surface area contributed by atoms with Crippen LogP contribution in [-0.2, 0) is 0 Å². The van der Waals surface area contributed by atoms with Gasteiger partial charge < -0.3 is 4.57 Å². The maximum atomic E-state index is 3.94. The van der Waals surface area contributed by atoms with Crippen molar-refractivity contribution in [3.05, 3.63) is 211 Å². The average molecular weight is 693 g/mol. The number of fused-ring (bicyclic) bond motifs is 6. The smallest absolute Gasteiger partial charge is 0.125 e. The van der Waals surface area contributed by atoms with Crippen molar-refractivity contribution < 1.29 is 0 Å². The first-order chi connectivity index (χ1) is 26.8. The summed E-state index contributed by atoms with van der Waals surface area (Å²) in [5.41, 5.74) is 13.3. The lowest BCUT2D eigenvalue weighted by molar-refractivity contribution is 0.211. The molecule has 3 heterocycles. The second kappa shape index (κ2) is 12.4. The molecule has 256 valence electrons. The highest BCUT2D eigenvalue weighted by molar-refractivity contribution is 6.12.